The van der Waals surface area contributed by atoms with E-state index in [9.17, 15) is 4.79 Å². The molecule has 0 fully saturated rings. The molecule has 0 atom stereocenters. The topological polar surface area (TPSA) is 44.9 Å². The number of H-pyrrole nitrogens is 1. The van der Waals surface area contributed by atoms with Crippen molar-refractivity contribution in [1.82, 2.24) is 10.3 Å². The molecule has 3 nitrogen and oxygen atoms in total. The van der Waals surface area contributed by atoms with E-state index in [4.69, 9.17) is 11.6 Å². The lowest BCUT2D eigenvalue weighted by atomic mass is 10.1. The molecule has 0 radical (unpaired) electrons. The highest BCUT2D eigenvalue weighted by molar-refractivity contribution is 6.30. The molecule has 0 aliphatic heterocycles. The number of nitrogens with one attached hydrogen (secondary N) is 2. The highest BCUT2D eigenvalue weighted by atomic mass is 35.5. The SMILES string of the molecule is O=C(C=Cc1ccc(Cl)cc1)NCCc1c[nH]c2ccccc12. The number of aromatic nitrogens is 1. The second-order valence-corrected chi connectivity index (χ2v) is 5.72. The van der Waals surface area contributed by atoms with Crippen LogP contribution in [0.4, 0.5) is 0 Å². The van der Waals surface area contributed by atoms with Crippen LogP contribution in [0.25, 0.3) is 17.0 Å². The fourth-order valence-electron chi connectivity index (χ4n) is 2.46. The second kappa shape index (κ2) is 7.16. The summed E-state index contributed by atoms with van der Waals surface area (Å²) < 4.78 is 0. The number of fused-ring (bicyclic) bond motifs is 1. The van der Waals surface area contributed by atoms with Crippen molar-refractivity contribution in [3.05, 3.63) is 77.0 Å². The Balaban J connectivity index is 1.52. The van der Waals surface area contributed by atoms with Crippen molar-refractivity contribution >= 4 is 34.5 Å². The van der Waals surface area contributed by atoms with Gasteiger partial charge in [0, 0.05) is 34.7 Å². The zero-order valence-corrected chi connectivity index (χ0v) is 13.3. The summed E-state index contributed by atoms with van der Waals surface area (Å²) in [5, 5.41) is 4.79. The fraction of sp³-hybridized carbons (Fsp3) is 0.105. The zero-order chi connectivity index (χ0) is 16.1. The Kier molecular flexibility index (Phi) is 4.79. The van der Waals surface area contributed by atoms with Gasteiger partial charge in [-0.05, 0) is 41.8 Å². The average Bonchev–Trinajstić information content (AvgIpc) is 2.98. The predicted molar refractivity (Wildman–Crippen MR) is 95.5 cm³/mol. The molecular weight excluding hydrogens is 308 g/mol. The van der Waals surface area contributed by atoms with Crippen LogP contribution in [0.3, 0.4) is 0 Å². The van der Waals surface area contributed by atoms with Gasteiger partial charge in [-0.2, -0.15) is 0 Å². The number of para-hydroxylation sites is 1. The first-order chi connectivity index (χ1) is 11.2. The molecular formula is C19H17ClN2O. The molecule has 4 heteroatoms. The van der Waals surface area contributed by atoms with Crippen molar-refractivity contribution in [3.8, 4) is 0 Å². The first-order valence-electron chi connectivity index (χ1n) is 7.49. The van der Waals surface area contributed by atoms with E-state index in [-0.39, 0.29) is 5.91 Å². The molecule has 116 valence electrons. The van der Waals surface area contributed by atoms with Crippen LogP contribution in [0, 0.1) is 0 Å². The fourth-order valence-corrected chi connectivity index (χ4v) is 2.59. The molecule has 2 N–H and O–H groups in total. The lowest BCUT2D eigenvalue weighted by molar-refractivity contribution is -0.116. The van der Waals surface area contributed by atoms with Gasteiger partial charge < -0.3 is 10.3 Å². The van der Waals surface area contributed by atoms with Crippen molar-refractivity contribution in [2.75, 3.05) is 6.54 Å². The van der Waals surface area contributed by atoms with Gasteiger partial charge in [-0.3, -0.25) is 4.79 Å². The summed E-state index contributed by atoms with van der Waals surface area (Å²) in [7, 11) is 0. The summed E-state index contributed by atoms with van der Waals surface area (Å²) in [6, 6.07) is 15.5. The minimum absolute atomic E-state index is 0.0974. The normalized spacial score (nSPS) is 11.2. The summed E-state index contributed by atoms with van der Waals surface area (Å²) in [6.07, 6.45) is 6.11. The van der Waals surface area contributed by atoms with E-state index in [1.54, 1.807) is 24.3 Å². The highest BCUT2D eigenvalue weighted by Crippen LogP contribution is 2.17. The Morgan fingerprint density at radius 1 is 1.13 bits per heavy atom. The van der Waals surface area contributed by atoms with Crippen LogP contribution in [0.5, 0.6) is 0 Å². The maximum Gasteiger partial charge on any atom is 0.244 e. The van der Waals surface area contributed by atoms with E-state index in [1.807, 2.05) is 36.5 Å². The number of carbonyl (C=O) groups is 1. The Morgan fingerprint density at radius 2 is 1.91 bits per heavy atom. The van der Waals surface area contributed by atoms with E-state index >= 15 is 0 Å². The van der Waals surface area contributed by atoms with Crippen LogP contribution in [-0.2, 0) is 11.2 Å². The first-order valence-corrected chi connectivity index (χ1v) is 7.86. The van der Waals surface area contributed by atoms with E-state index in [0.717, 1.165) is 17.5 Å². The van der Waals surface area contributed by atoms with Crippen LogP contribution < -0.4 is 5.32 Å². The van der Waals surface area contributed by atoms with Crippen molar-refractivity contribution in [2.24, 2.45) is 0 Å². The standard InChI is InChI=1S/C19H17ClN2O/c20-16-8-5-14(6-9-16)7-10-19(23)21-12-11-15-13-22-18-4-2-1-3-17(15)18/h1-10,13,22H,11-12H2,(H,21,23). The average molecular weight is 325 g/mol. The van der Waals surface area contributed by atoms with Crippen molar-refractivity contribution < 1.29 is 4.79 Å². The Morgan fingerprint density at radius 3 is 2.74 bits per heavy atom. The molecule has 0 saturated carbocycles. The molecule has 0 saturated heterocycles. The van der Waals surface area contributed by atoms with E-state index in [2.05, 4.69) is 16.4 Å². The maximum atomic E-state index is 11.8. The molecule has 0 unspecified atom stereocenters. The monoisotopic (exact) mass is 324 g/mol. The van der Waals surface area contributed by atoms with Gasteiger partial charge >= 0.3 is 0 Å². The van der Waals surface area contributed by atoms with Gasteiger partial charge in [0.1, 0.15) is 0 Å². The summed E-state index contributed by atoms with van der Waals surface area (Å²) in [5.41, 5.74) is 3.28. The molecule has 2 aromatic carbocycles. The molecule has 1 heterocycles. The Bertz CT molecular complexity index is 834. The minimum atomic E-state index is -0.0974. The largest absolute Gasteiger partial charge is 0.361 e. The van der Waals surface area contributed by atoms with Crippen LogP contribution in [0.2, 0.25) is 5.02 Å². The number of amides is 1. The Labute approximate surface area is 140 Å². The molecule has 0 spiro atoms. The van der Waals surface area contributed by atoms with Gasteiger partial charge in [0.25, 0.3) is 0 Å². The molecule has 0 bridgehead atoms. The molecule has 0 aliphatic rings. The number of benzene rings is 2. The van der Waals surface area contributed by atoms with E-state index in [1.165, 1.54) is 10.9 Å². The smallest absolute Gasteiger partial charge is 0.244 e. The van der Waals surface area contributed by atoms with Gasteiger partial charge in [-0.15, -0.1) is 0 Å². The molecule has 1 aromatic heterocycles. The Hall–Kier alpha value is -2.52. The number of hydrogen-bond acceptors (Lipinski definition) is 1. The first kappa shape index (κ1) is 15.4. The van der Waals surface area contributed by atoms with Crippen molar-refractivity contribution in [2.45, 2.75) is 6.42 Å². The zero-order valence-electron chi connectivity index (χ0n) is 12.6. The molecule has 23 heavy (non-hydrogen) atoms. The number of hydrogen-bond donors (Lipinski definition) is 2. The van der Waals surface area contributed by atoms with Crippen molar-refractivity contribution in [1.29, 1.82) is 0 Å². The van der Waals surface area contributed by atoms with Crippen LogP contribution in [0.1, 0.15) is 11.1 Å². The lowest BCUT2D eigenvalue weighted by Crippen LogP contribution is -2.23. The summed E-state index contributed by atoms with van der Waals surface area (Å²) in [6.45, 7) is 0.603. The highest BCUT2D eigenvalue weighted by Gasteiger charge is 2.03. The summed E-state index contributed by atoms with van der Waals surface area (Å²) in [5.74, 6) is -0.0974. The predicted octanol–water partition coefficient (Wildman–Crippen LogP) is 4.19. The minimum Gasteiger partial charge on any atom is -0.361 e. The van der Waals surface area contributed by atoms with Gasteiger partial charge in [-0.25, -0.2) is 0 Å². The number of carbonyl (C=O) groups excluding carboxylic acids is 1. The van der Waals surface area contributed by atoms with Crippen LogP contribution in [-0.4, -0.2) is 17.4 Å². The number of halogens is 1. The van der Waals surface area contributed by atoms with Gasteiger partial charge in [-0.1, -0.05) is 41.9 Å². The van der Waals surface area contributed by atoms with Gasteiger partial charge in [0.05, 0.1) is 0 Å². The van der Waals surface area contributed by atoms with E-state index in [0.29, 0.717) is 11.6 Å². The van der Waals surface area contributed by atoms with Gasteiger partial charge in [0.2, 0.25) is 5.91 Å². The summed E-state index contributed by atoms with van der Waals surface area (Å²) >= 11 is 5.83. The van der Waals surface area contributed by atoms with E-state index < -0.39 is 0 Å². The number of rotatable bonds is 5. The van der Waals surface area contributed by atoms with Crippen molar-refractivity contribution in [3.63, 3.8) is 0 Å². The quantitative estimate of drug-likeness (QED) is 0.679. The maximum absolute atomic E-state index is 11.8. The third-order valence-corrected chi connectivity index (χ3v) is 3.92. The third-order valence-electron chi connectivity index (χ3n) is 3.67. The molecule has 1 amide bonds. The molecule has 3 aromatic rings. The molecule has 3 rings (SSSR count). The molecule has 0 aliphatic carbocycles. The number of aromatic amines is 1. The van der Waals surface area contributed by atoms with Crippen LogP contribution in [0.15, 0.2) is 60.8 Å². The van der Waals surface area contributed by atoms with Gasteiger partial charge in [0.15, 0.2) is 0 Å². The lowest BCUT2D eigenvalue weighted by Gasteiger charge is -2.02. The second-order valence-electron chi connectivity index (χ2n) is 5.29. The summed E-state index contributed by atoms with van der Waals surface area (Å²) in [4.78, 5) is 15.1. The van der Waals surface area contributed by atoms with Crippen LogP contribution >= 0.6 is 11.6 Å². The third kappa shape index (κ3) is 4.02.